The van der Waals surface area contributed by atoms with E-state index in [4.69, 9.17) is 10.6 Å². The topological polar surface area (TPSA) is 64.7 Å². The van der Waals surface area contributed by atoms with Gasteiger partial charge in [0.05, 0.1) is 0 Å². The molecule has 4 nitrogen and oxygen atoms in total. The zero-order valence-electron chi connectivity index (χ0n) is 9.09. The maximum absolute atomic E-state index is 10.6. The van der Waals surface area contributed by atoms with Crippen molar-refractivity contribution in [3.63, 3.8) is 0 Å². The van der Waals surface area contributed by atoms with Crippen LogP contribution in [0.3, 0.4) is 0 Å². The number of rotatable bonds is 5. The smallest absolute Gasteiger partial charge is 0.266 e. The molecule has 0 aromatic heterocycles. The number of benzene rings is 1. The number of hydrogen-bond donors (Lipinski definition) is 1. The van der Waals surface area contributed by atoms with Crippen molar-refractivity contribution in [2.24, 2.45) is 10.9 Å². The second kappa shape index (κ2) is 6.40. The molecule has 2 N–H and O–H groups in total. The lowest BCUT2D eigenvalue weighted by Crippen LogP contribution is -2.20. The highest BCUT2D eigenvalue weighted by molar-refractivity contribution is 6.37. The Morgan fingerprint density at radius 1 is 1.44 bits per heavy atom. The van der Waals surface area contributed by atoms with Crippen LogP contribution >= 0.6 is 0 Å². The molecule has 4 heteroatoms. The Morgan fingerprint density at radius 3 is 2.75 bits per heavy atom. The number of carbonyl (C=O) groups excluding carboxylic acids is 1. The van der Waals surface area contributed by atoms with Crippen molar-refractivity contribution >= 4 is 17.7 Å². The molecule has 0 radical (unpaired) electrons. The highest BCUT2D eigenvalue weighted by Crippen LogP contribution is 2.00. The van der Waals surface area contributed by atoms with E-state index in [9.17, 15) is 4.79 Å². The van der Waals surface area contributed by atoms with Gasteiger partial charge in [0.1, 0.15) is 12.3 Å². The van der Waals surface area contributed by atoms with Crippen molar-refractivity contribution in [1.29, 1.82) is 0 Å². The molecule has 0 fully saturated rings. The quantitative estimate of drug-likeness (QED) is 0.463. The summed E-state index contributed by atoms with van der Waals surface area (Å²) in [4.78, 5) is 15.5. The SMILES string of the molecule is C/C(=N/OC/C=C/c1ccccc1)C(N)=O. The van der Waals surface area contributed by atoms with Crippen molar-refractivity contribution in [2.45, 2.75) is 6.92 Å². The van der Waals surface area contributed by atoms with Crippen molar-refractivity contribution in [3.8, 4) is 0 Å². The Bertz CT molecular complexity index is 397. The van der Waals surface area contributed by atoms with Crippen LogP contribution in [0.1, 0.15) is 12.5 Å². The molecule has 0 bridgehead atoms. The number of carbonyl (C=O) groups is 1. The van der Waals surface area contributed by atoms with Gasteiger partial charge in [-0.2, -0.15) is 0 Å². The number of primary amides is 1. The average Bonchev–Trinajstić information content (AvgIpc) is 2.29. The van der Waals surface area contributed by atoms with E-state index < -0.39 is 5.91 Å². The zero-order chi connectivity index (χ0) is 11.8. The summed E-state index contributed by atoms with van der Waals surface area (Å²) in [6, 6.07) is 9.82. The van der Waals surface area contributed by atoms with Gasteiger partial charge < -0.3 is 10.6 Å². The molecule has 84 valence electrons. The molecule has 0 saturated heterocycles. The van der Waals surface area contributed by atoms with Gasteiger partial charge >= 0.3 is 0 Å². The minimum absolute atomic E-state index is 0.160. The van der Waals surface area contributed by atoms with E-state index in [0.29, 0.717) is 6.61 Å². The molecule has 0 aliphatic carbocycles. The molecule has 0 aliphatic rings. The molecule has 1 amide bonds. The number of nitrogens with two attached hydrogens (primary N) is 1. The summed E-state index contributed by atoms with van der Waals surface area (Å²) < 4.78 is 0. The van der Waals surface area contributed by atoms with Gasteiger partial charge in [-0.15, -0.1) is 0 Å². The molecule has 0 unspecified atom stereocenters. The van der Waals surface area contributed by atoms with E-state index in [0.717, 1.165) is 5.56 Å². The fraction of sp³-hybridized carbons (Fsp3) is 0.167. The minimum atomic E-state index is -0.577. The highest BCUT2D eigenvalue weighted by atomic mass is 16.6. The molecule has 0 saturated carbocycles. The molecule has 0 spiro atoms. The summed E-state index contributed by atoms with van der Waals surface area (Å²) in [5.74, 6) is -0.577. The van der Waals surface area contributed by atoms with Crippen LogP contribution in [0, 0.1) is 0 Å². The van der Waals surface area contributed by atoms with Crippen molar-refractivity contribution in [3.05, 3.63) is 42.0 Å². The maximum Gasteiger partial charge on any atom is 0.266 e. The fourth-order valence-corrected chi connectivity index (χ4v) is 0.970. The molecule has 0 atom stereocenters. The van der Waals surface area contributed by atoms with Gasteiger partial charge in [-0.1, -0.05) is 41.6 Å². The lowest BCUT2D eigenvalue weighted by atomic mass is 10.2. The van der Waals surface area contributed by atoms with Gasteiger partial charge in [-0.25, -0.2) is 0 Å². The van der Waals surface area contributed by atoms with Crippen LogP contribution in [0.2, 0.25) is 0 Å². The molecular weight excluding hydrogens is 204 g/mol. The van der Waals surface area contributed by atoms with Gasteiger partial charge in [0, 0.05) is 0 Å². The predicted octanol–water partition coefficient (Wildman–Crippen LogP) is 1.58. The third-order valence-electron chi connectivity index (χ3n) is 1.84. The predicted molar refractivity (Wildman–Crippen MR) is 63.7 cm³/mol. The summed E-state index contributed by atoms with van der Waals surface area (Å²) in [5, 5.41) is 3.55. The molecule has 0 heterocycles. The van der Waals surface area contributed by atoms with Crippen molar-refractivity contribution in [1.82, 2.24) is 0 Å². The van der Waals surface area contributed by atoms with Gasteiger partial charge in [0.15, 0.2) is 0 Å². The van der Waals surface area contributed by atoms with Gasteiger partial charge in [-0.05, 0) is 18.6 Å². The van der Waals surface area contributed by atoms with Crippen molar-refractivity contribution < 1.29 is 9.63 Å². The largest absolute Gasteiger partial charge is 0.391 e. The van der Waals surface area contributed by atoms with Crippen LogP contribution in [-0.4, -0.2) is 18.2 Å². The lowest BCUT2D eigenvalue weighted by molar-refractivity contribution is -0.112. The van der Waals surface area contributed by atoms with Gasteiger partial charge in [0.25, 0.3) is 5.91 Å². The lowest BCUT2D eigenvalue weighted by Gasteiger charge is -1.95. The van der Waals surface area contributed by atoms with E-state index in [1.54, 1.807) is 0 Å². The molecule has 1 aromatic carbocycles. The Labute approximate surface area is 94.4 Å². The first kappa shape index (κ1) is 12.0. The van der Waals surface area contributed by atoms with Crippen LogP contribution < -0.4 is 5.73 Å². The maximum atomic E-state index is 10.6. The number of amides is 1. The average molecular weight is 218 g/mol. The summed E-state index contributed by atoms with van der Waals surface area (Å²) in [5.41, 5.74) is 6.22. The third kappa shape index (κ3) is 4.41. The van der Waals surface area contributed by atoms with Crippen LogP contribution in [0.15, 0.2) is 41.6 Å². The third-order valence-corrected chi connectivity index (χ3v) is 1.84. The number of hydrogen-bond acceptors (Lipinski definition) is 3. The van der Waals surface area contributed by atoms with E-state index in [1.165, 1.54) is 6.92 Å². The van der Waals surface area contributed by atoms with Crippen LogP contribution in [0.25, 0.3) is 6.08 Å². The summed E-state index contributed by atoms with van der Waals surface area (Å²) in [7, 11) is 0. The normalized spacial score (nSPS) is 11.7. The van der Waals surface area contributed by atoms with E-state index in [1.807, 2.05) is 42.5 Å². The molecule has 0 aliphatic heterocycles. The summed E-state index contributed by atoms with van der Waals surface area (Å²) in [6.45, 7) is 1.81. The number of oxime groups is 1. The Kier molecular flexibility index (Phi) is 4.79. The van der Waals surface area contributed by atoms with Gasteiger partial charge in [0.2, 0.25) is 0 Å². The fourth-order valence-electron chi connectivity index (χ4n) is 0.970. The minimum Gasteiger partial charge on any atom is -0.391 e. The second-order valence-corrected chi connectivity index (χ2v) is 3.15. The molecule has 1 rings (SSSR count). The van der Waals surface area contributed by atoms with Crippen molar-refractivity contribution in [2.75, 3.05) is 6.61 Å². The molecule has 16 heavy (non-hydrogen) atoms. The van der Waals surface area contributed by atoms with Crippen LogP contribution in [-0.2, 0) is 9.63 Å². The monoisotopic (exact) mass is 218 g/mol. The highest BCUT2D eigenvalue weighted by Gasteiger charge is 1.97. The van der Waals surface area contributed by atoms with E-state index in [2.05, 4.69) is 5.16 Å². The second-order valence-electron chi connectivity index (χ2n) is 3.15. The zero-order valence-corrected chi connectivity index (χ0v) is 9.09. The Hall–Kier alpha value is -2.10. The summed E-state index contributed by atoms with van der Waals surface area (Å²) >= 11 is 0. The Balaban J connectivity index is 2.34. The first-order valence-electron chi connectivity index (χ1n) is 4.88. The first-order valence-corrected chi connectivity index (χ1v) is 4.88. The van der Waals surface area contributed by atoms with E-state index in [-0.39, 0.29) is 5.71 Å². The summed E-state index contributed by atoms with van der Waals surface area (Å²) in [6.07, 6.45) is 3.72. The van der Waals surface area contributed by atoms with Crippen LogP contribution in [0.4, 0.5) is 0 Å². The standard InChI is InChI=1S/C12H14N2O2/c1-10(12(13)15)14-16-9-5-8-11-6-3-2-4-7-11/h2-8H,9H2,1H3,(H2,13,15)/b8-5+,14-10-. The number of nitrogens with zero attached hydrogens (tertiary/aromatic N) is 1. The molecular formula is C12H14N2O2. The Morgan fingerprint density at radius 2 is 2.12 bits per heavy atom. The van der Waals surface area contributed by atoms with E-state index >= 15 is 0 Å². The first-order chi connectivity index (χ1) is 7.70. The molecule has 1 aromatic rings. The van der Waals surface area contributed by atoms with Gasteiger partial charge in [-0.3, -0.25) is 4.79 Å². The van der Waals surface area contributed by atoms with Crippen LogP contribution in [0.5, 0.6) is 0 Å².